The predicted molar refractivity (Wildman–Crippen MR) is 30.4 cm³/mol. The molecule has 0 aromatic carbocycles. The molecule has 0 aromatic rings. The van der Waals surface area contributed by atoms with Gasteiger partial charge >= 0.3 is 6.36 Å². The molecule has 1 atom stereocenters. The summed E-state index contributed by atoms with van der Waals surface area (Å²) < 4.78 is 43.0. The lowest BCUT2D eigenvalue weighted by molar-refractivity contribution is -0.352. The Morgan fingerprint density at radius 1 is 1.45 bits per heavy atom. The molecule has 5 heteroatoms. The van der Waals surface area contributed by atoms with E-state index in [4.69, 9.17) is 0 Å². The van der Waals surface area contributed by atoms with Crippen molar-refractivity contribution in [2.75, 3.05) is 7.11 Å². The largest absolute Gasteiger partial charge is 0.522 e. The molecule has 2 nitrogen and oxygen atoms in total. The SMILES string of the molecule is CO[C]1CCC1OC(F)(F)F. The second-order valence-corrected chi connectivity index (χ2v) is 2.26. The zero-order valence-corrected chi connectivity index (χ0v) is 5.94. The highest BCUT2D eigenvalue weighted by molar-refractivity contribution is 4.99. The maximum Gasteiger partial charge on any atom is 0.522 e. The Hall–Kier alpha value is -0.290. The van der Waals surface area contributed by atoms with Gasteiger partial charge in [-0.05, 0) is 12.8 Å². The fourth-order valence-corrected chi connectivity index (χ4v) is 0.900. The lowest BCUT2D eigenvalue weighted by Crippen LogP contribution is -2.37. The Morgan fingerprint density at radius 3 is 2.36 bits per heavy atom. The van der Waals surface area contributed by atoms with Crippen molar-refractivity contribution in [2.45, 2.75) is 25.3 Å². The van der Waals surface area contributed by atoms with E-state index in [9.17, 15) is 13.2 Å². The molecule has 0 saturated heterocycles. The topological polar surface area (TPSA) is 18.5 Å². The van der Waals surface area contributed by atoms with Crippen LogP contribution in [0.1, 0.15) is 12.8 Å². The van der Waals surface area contributed by atoms with E-state index in [0.29, 0.717) is 18.9 Å². The number of methoxy groups -OCH3 is 1. The van der Waals surface area contributed by atoms with Crippen LogP contribution in [0.15, 0.2) is 0 Å². The van der Waals surface area contributed by atoms with Crippen molar-refractivity contribution in [1.82, 2.24) is 0 Å². The van der Waals surface area contributed by atoms with Gasteiger partial charge in [0.15, 0.2) is 0 Å². The summed E-state index contributed by atoms with van der Waals surface area (Å²) in [5.41, 5.74) is 0. The lowest BCUT2D eigenvalue weighted by Gasteiger charge is -2.33. The van der Waals surface area contributed by atoms with Crippen molar-refractivity contribution in [3.63, 3.8) is 0 Å². The van der Waals surface area contributed by atoms with Gasteiger partial charge in [-0.1, -0.05) is 0 Å². The fourth-order valence-electron chi connectivity index (χ4n) is 0.900. The highest BCUT2D eigenvalue weighted by Gasteiger charge is 2.42. The van der Waals surface area contributed by atoms with Gasteiger partial charge in [0.1, 0.15) is 6.10 Å². The summed E-state index contributed by atoms with van der Waals surface area (Å²) in [7, 11) is 1.35. The van der Waals surface area contributed by atoms with E-state index in [0.717, 1.165) is 0 Å². The molecular formula is C6H8F3O2. The van der Waals surface area contributed by atoms with Crippen molar-refractivity contribution < 1.29 is 22.6 Å². The quantitative estimate of drug-likeness (QED) is 0.628. The molecule has 1 unspecified atom stereocenters. The fraction of sp³-hybridized carbons (Fsp3) is 0.833. The monoisotopic (exact) mass is 169 g/mol. The maximum absolute atomic E-state index is 11.5. The standard InChI is InChI=1S/C6H8F3O2/c1-10-4-2-3-5(4)11-6(7,8)9/h5H,2-3H2,1H3. The van der Waals surface area contributed by atoms with E-state index < -0.39 is 12.5 Å². The van der Waals surface area contributed by atoms with Crippen LogP contribution in [0, 0.1) is 6.10 Å². The second-order valence-electron chi connectivity index (χ2n) is 2.26. The molecule has 1 fully saturated rings. The zero-order valence-electron chi connectivity index (χ0n) is 5.94. The summed E-state index contributed by atoms with van der Waals surface area (Å²) in [6.45, 7) is 0. The molecule has 1 saturated carbocycles. The zero-order chi connectivity index (χ0) is 8.48. The molecule has 1 rings (SSSR count). The average Bonchev–Trinajstić information content (AvgIpc) is 1.80. The van der Waals surface area contributed by atoms with Crippen LogP contribution in [-0.4, -0.2) is 19.6 Å². The molecule has 11 heavy (non-hydrogen) atoms. The van der Waals surface area contributed by atoms with Gasteiger partial charge in [0.2, 0.25) is 0 Å². The minimum absolute atomic E-state index is 0.377. The van der Waals surface area contributed by atoms with E-state index in [1.165, 1.54) is 7.11 Å². The summed E-state index contributed by atoms with van der Waals surface area (Å²) in [5.74, 6) is 0. The maximum atomic E-state index is 11.5. The molecule has 1 aliphatic rings. The third-order valence-corrected chi connectivity index (χ3v) is 1.55. The normalized spacial score (nSPS) is 26.7. The smallest absolute Gasteiger partial charge is 0.372 e. The summed E-state index contributed by atoms with van der Waals surface area (Å²) in [4.78, 5) is 0. The van der Waals surface area contributed by atoms with E-state index >= 15 is 0 Å². The lowest BCUT2D eigenvalue weighted by atomic mass is 9.92. The Morgan fingerprint density at radius 2 is 2.09 bits per heavy atom. The van der Waals surface area contributed by atoms with Crippen LogP contribution in [0.4, 0.5) is 13.2 Å². The molecule has 0 N–H and O–H groups in total. The van der Waals surface area contributed by atoms with Crippen LogP contribution >= 0.6 is 0 Å². The summed E-state index contributed by atoms with van der Waals surface area (Å²) in [6.07, 6.45) is -4.09. The second kappa shape index (κ2) is 2.98. The van der Waals surface area contributed by atoms with Crippen molar-refractivity contribution >= 4 is 0 Å². The van der Waals surface area contributed by atoms with Gasteiger partial charge in [-0.2, -0.15) is 0 Å². The third-order valence-electron chi connectivity index (χ3n) is 1.55. The highest BCUT2D eigenvalue weighted by atomic mass is 19.4. The first kappa shape index (κ1) is 8.80. The Bertz CT molecular complexity index is 132. The summed E-state index contributed by atoms with van der Waals surface area (Å²) >= 11 is 0. The molecule has 0 bridgehead atoms. The van der Waals surface area contributed by atoms with Gasteiger partial charge < -0.3 is 4.74 Å². The number of halogens is 3. The molecule has 0 amide bonds. The third kappa shape index (κ3) is 2.34. The Balaban J connectivity index is 2.27. The Labute approximate surface area is 62.3 Å². The number of rotatable bonds is 2. The van der Waals surface area contributed by atoms with Crippen molar-refractivity contribution in [3.05, 3.63) is 6.10 Å². The number of alkyl halides is 3. The van der Waals surface area contributed by atoms with Crippen molar-refractivity contribution in [1.29, 1.82) is 0 Å². The van der Waals surface area contributed by atoms with Crippen molar-refractivity contribution in [3.8, 4) is 0 Å². The van der Waals surface area contributed by atoms with Gasteiger partial charge in [-0.3, -0.25) is 4.74 Å². The first-order valence-corrected chi connectivity index (χ1v) is 3.17. The number of hydrogen-bond donors (Lipinski definition) is 0. The average molecular weight is 169 g/mol. The molecule has 0 aromatic heterocycles. The summed E-state index contributed by atoms with van der Waals surface area (Å²) in [5, 5.41) is 0. The predicted octanol–water partition coefficient (Wildman–Crippen LogP) is 1.86. The summed E-state index contributed by atoms with van der Waals surface area (Å²) in [6, 6.07) is 0. The van der Waals surface area contributed by atoms with Gasteiger partial charge in [0.05, 0.1) is 6.10 Å². The van der Waals surface area contributed by atoms with Gasteiger partial charge in [0.25, 0.3) is 0 Å². The molecule has 65 valence electrons. The molecule has 0 spiro atoms. The van der Waals surface area contributed by atoms with Crippen LogP contribution in [0.25, 0.3) is 0 Å². The minimum atomic E-state index is -4.55. The van der Waals surface area contributed by atoms with E-state index in [1.54, 1.807) is 0 Å². The first-order chi connectivity index (χ1) is 5.03. The van der Waals surface area contributed by atoms with Gasteiger partial charge in [0, 0.05) is 7.11 Å². The van der Waals surface area contributed by atoms with E-state index in [2.05, 4.69) is 9.47 Å². The van der Waals surface area contributed by atoms with Crippen molar-refractivity contribution in [2.24, 2.45) is 0 Å². The number of ether oxygens (including phenoxy) is 2. The highest BCUT2D eigenvalue weighted by Crippen LogP contribution is 2.36. The van der Waals surface area contributed by atoms with Crippen LogP contribution in [0.3, 0.4) is 0 Å². The van der Waals surface area contributed by atoms with Crippen LogP contribution in [-0.2, 0) is 9.47 Å². The first-order valence-electron chi connectivity index (χ1n) is 3.17. The van der Waals surface area contributed by atoms with Gasteiger partial charge in [-0.25, -0.2) is 0 Å². The minimum Gasteiger partial charge on any atom is -0.372 e. The van der Waals surface area contributed by atoms with Crippen LogP contribution in [0.2, 0.25) is 0 Å². The molecule has 0 heterocycles. The molecule has 1 radical (unpaired) electrons. The van der Waals surface area contributed by atoms with E-state index in [-0.39, 0.29) is 0 Å². The van der Waals surface area contributed by atoms with Gasteiger partial charge in [-0.15, -0.1) is 13.2 Å². The van der Waals surface area contributed by atoms with Crippen LogP contribution < -0.4 is 0 Å². The van der Waals surface area contributed by atoms with Crippen LogP contribution in [0.5, 0.6) is 0 Å². The Kier molecular flexibility index (Phi) is 2.39. The molecular weight excluding hydrogens is 161 g/mol. The number of hydrogen-bond acceptors (Lipinski definition) is 2. The molecule has 1 aliphatic carbocycles. The van der Waals surface area contributed by atoms with E-state index in [1.807, 2.05) is 0 Å². The molecule has 0 aliphatic heterocycles.